The second-order valence-corrected chi connectivity index (χ2v) is 10.6. The highest BCUT2D eigenvalue weighted by atomic mass is 32.2. The zero-order valence-electron chi connectivity index (χ0n) is 16.5. The first-order valence-corrected chi connectivity index (χ1v) is 11.4. The van der Waals surface area contributed by atoms with Gasteiger partial charge in [-0.2, -0.15) is 17.7 Å². The average molecular weight is 417 g/mol. The van der Waals surface area contributed by atoms with Crippen molar-refractivity contribution in [3.8, 4) is 0 Å². The van der Waals surface area contributed by atoms with Crippen LogP contribution in [0.2, 0.25) is 0 Å². The van der Waals surface area contributed by atoms with E-state index in [2.05, 4.69) is 23.1 Å². The van der Waals surface area contributed by atoms with Gasteiger partial charge in [0.15, 0.2) is 5.75 Å². The molecule has 1 unspecified atom stereocenters. The first kappa shape index (κ1) is 20.3. The number of fused-ring (bicyclic) bond motifs is 2. The largest absolute Gasteiger partial charge is 0.417 e. The third-order valence-electron chi connectivity index (χ3n) is 7.67. The Kier molecular flexibility index (Phi) is 5.11. The van der Waals surface area contributed by atoms with Crippen LogP contribution in [0.5, 0.6) is 0 Å². The minimum atomic E-state index is -4.36. The van der Waals surface area contributed by atoms with Crippen LogP contribution in [0.25, 0.3) is 0 Å². The molecule has 0 aromatic carbocycles. The van der Waals surface area contributed by atoms with E-state index in [0.29, 0.717) is 37.4 Å². The van der Waals surface area contributed by atoms with E-state index in [0.717, 1.165) is 23.9 Å². The summed E-state index contributed by atoms with van der Waals surface area (Å²) in [5.41, 5.74) is -0.144. The first-order chi connectivity index (χ1) is 13.1. The maximum atomic E-state index is 12.7. The molecule has 2 saturated carbocycles. The van der Waals surface area contributed by atoms with Crippen LogP contribution in [-0.2, 0) is 17.5 Å². The lowest BCUT2D eigenvalue weighted by Gasteiger charge is -2.38. The molecule has 3 fully saturated rings. The Labute approximate surface area is 167 Å². The smallest absolute Gasteiger partial charge is 0.354 e. The van der Waals surface area contributed by atoms with E-state index in [1.54, 1.807) is 0 Å². The van der Waals surface area contributed by atoms with E-state index >= 15 is 0 Å². The maximum absolute atomic E-state index is 12.7. The highest BCUT2D eigenvalue weighted by molar-refractivity contribution is 7.89. The summed E-state index contributed by atoms with van der Waals surface area (Å²) in [5.74, 6) is 2.22. The van der Waals surface area contributed by atoms with Gasteiger partial charge in [0, 0.05) is 24.7 Å². The van der Waals surface area contributed by atoms with Crippen molar-refractivity contribution >= 4 is 17.2 Å². The summed E-state index contributed by atoms with van der Waals surface area (Å²) in [6, 6.07) is 2.53. The zero-order valence-corrected chi connectivity index (χ0v) is 17.3. The second-order valence-electron chi connectivity index (χ2n) is 9.08. The fourth-order valence-electron chi connectivity index (χ4n) is 5.51. The number of nitrogens with zero attached hydrogens (tertiary/aromatic N) is 3. The predicted octanol–water partition coefficient (Wildman–Crippen LogP) is 4.45. The molecule has 1 aromatic rings. The summed E-state index contributed by atoms with van der Waals surface area (Å²) in [6.07, 6.45) is 1.57. The van der Waals surface area contributed by atoms with Gasteiger partial charge in [-0.25, -0.2) is 4.98 Å². The van der Waals surface area contributed by atoms with Gasteiger partial charge in [-0.15, -0.1) is 0 Å². The summed E-state index contributed by atoms with van der Waals surface area (Å²) < 4.78 is 51.2. The van der Waals surface area contributed by atoms with Crippen molar-refractivity contribution in [3.63, 3.8) is 0 Å². The molecule has 8 heteroatoms. The maximum Gasteiger partial charge on any atom is 0.417 e. The van der Waals surface area contributed by atoms with Crippen LogP contribution in [-0.4, -0.2) is 45.8 Å². The number of rotatable bonds is 4. The van der Waals surface area contributed by atoms with Gasteiger partial charge in [-0.05, 0) is 49.1 Å². The quantitative estimate of drug-likeness (QED) is 0.737. The van der Waals surface area contributed by atoms with Crippen LogP contribution >= 0.6 is 0 Å². The molecule has 156 valence electrons. The monoisotopic (exact) mass is 416 g/mol. The lowest BCUT2D eigenvalue weighted by molar-refractivity contribution is -0.137. The van der Waals surface area contributed by atoms with E-state index in [9.17, 15) is 17.7 Å². The number of pyridine rings is 1. The fraction of sp³-hybridized carbons (Fsp3) is 0.750. The SMILES string of the molecule is CC1(C)C2CCC1(C[S+](O)N1CCN(c3ccc(C(F)(F)F)cn3)CC1)CC2. The van der Waals surface area contributed by atoms with E-state index < -0.39 is 23.1 Å². The summed E-state index contributed by atoms with van der Waals surface area (Å²) in [7, 11) is 0. The Morgan fingerprint density at radius 3 is 2.25 bits per heavy atom. The number of halogens is 3. The Hall–Kier alpha value is -0.990. The number of aromatic nitrogens is 1. The Balaban J connectivity index is 1.34. The molecule has 1 aromatic heterocycles. The molecule has 1 N–H and O–H groups in total. The fourth-order valence-corrected chi connectivity index (χ4v) is 7.43. The van der Waals surface area contributed by atoms with Gasteiger partial charge >= 0.3 is 6.18 Å². The van der Waals surface area contributed by atoms with Crippen molar-refractivity contribution in [2.45, 2.75) is 45.7 Å². The van der Waals surface area contributed by atoms with Crippen LogP contribution in [0.3, 0.4) is 0 Å². The molecule has 3 aliphatic rings. The van der Waals surface area contributed by atoms with Gasteiger partial charge in [0.05, 0.1) is 18.7 Å². The summed E-state index contributed by atoms with van der Waals surface area (Å²) >= 11 is -0.755. The summed E-state index contributed by atoms with van der Waals surface area (Å²) in [5, 5.41) is 0. The van der Waals surface area contributed by atoms with Gasteiger partial charge in [0.25, 0.3) is 0 Å². The average Bonchev–Trinajstić information content (AvgIpc) is 3.05. The van der Waals surface area contributed by atoms with Gasteiger partial charge in [0.1, 0.15) is 5.82 Å². The number of anilines is 1. The van der Waals surface area contributed by atoms with Crippen LogP contribution in [0.15, 0.2) is 18.3 Å². The molecule has 28 heavy (non-hydrogen) atoms. The predicted molar refractivity (Wildman–Crippen MR) is 106 cm³/mol. The van der Waals surface area contributed by atoms with Crippen molar-refractivity contribution in [2.75, 3.05) is 36.8 Å². The zero-order chi connectivity index (χ0) is 20.2. The van der Waals surface area contributed by atoms with Crippen molar-refractivity contribution in [3.05, 3.63) is 23.9 Å². The number of hydrogen-bond donors (Lipinski definition) is 1. The molecule has 4 nitrogen and oxygen atoms in total. The van der Waals surface area contributed by atoms with Crippen molar-refractivity contribution < 1.29 is 17.7 Å². The Morgan fingerprint density at radius 2 is 1.79 bits per heavy atom. The third-order valence-corrected chi connectivity index (χ3v) is 9.44. The molecular weight excluding hydrogens is 387 g/mol. The molecule has 0 amide bonds. The van der Waals surface area contributed by atoms with Crippen molar-refractivity contribution in [1.29, 1.82) is 0 Å². The van der Waals surface area contributed by atoms with Gasteiger partial charge < -0.3 is 4.90 Å². The number of hydrogen-bond acceptors (Lipinski definition) is 4. The van der Waals surface area contributed by atoms with Crippen LogP contribution < -0.4 is 4.90 Å². The second kappa shape index (κ2) is 7.06. The Bertz CT molecular complexity index is 694. The molecule has 0 radical (unpaired) electrons. The summed E-state index contributed by atoms with van der Waals surface area (Å²) in [6.45, 7) is 7.51. The Morgan fingerprint density at radius 1 is 1.14 bits per heavy atom. The number of alkyl halides is 3. The molecular formula is C20H29F3N3OS+. The molecule has 1 saturated heterocycles. The third kappa shape index (κ3) is 3.41. The highest BCUT2D eigenvalue weighted by Crippen LogP contribution is 2.66. The lowest BCUT2D eigenvalue weighted by Crippen LogP contribution is -2.51. The number of piperazine rings is 1. The normalized spacial score (nSPS) is 31.4. The molecule has 4 rings (SSSR count). The topological polar surface area (TPSA) is 39.6 Å². The standard InChI is InChI=1S/C20H29F3N3OS/c1-18(2)15-5-7-19(18,8-6-15)14-28(27)26-11-9-25(10-12-26)17-4-3-16(13-24-17)20(21,22)23/h3-4,13,15,27H,5-12,14H2,1-2H3/q+1. The van der Waals surface area contributed by atoms with Gasteiger partial charge in [0.2, 0.25) is 11.4 Å². The minimum absolute atomic E-state index is 0.266. The molecule has 1 aliphatic heterocycles. The van der Waals surface area contributed by atoms with Gasteiger partial charge in [-0.1, -0.05) is 18.2 Å². The van der Waals surface area contributed by atoms with Crippen molar-refractivity contribution in [1.82, 2.24) is 9.29 Å². The molecule has 1 atom stereocenters. The summed E-state index contributed by atoms with van der Waals surface area (Å²) in [4.78, 5) is 6.00. The van der Waals surface area contributed by atoms with Crippen LogP contribution in [0.1, 0.15) is 45.1 Å². The lowest BCUT2D eigenvalue weighted by atomic mass is 9.71. The molecule has 2 aliphatic carbocycles. The van der Waals surface area contributed by atoms with E-state index in [1.807, 2.05) is 4.90 Å². The molecule has 0 spiro atoms. The highest BCUT2D eigenvalue weighted by Gasteiger charge is 2.62. The first-order valence-electron chi connectivity index (χ1n) is 10.1. The molecule has 2 bridgehead atoms. The van der Waals surface area contributed by atoms with E-state index in [1.165, 1.54) is 31.7 Å². The minimum Gasteiger partial charge on any atom is -0.354 e. The molecule has 2 heterocycles. The van der Waals surface area contributed by atoms with E-state index in [4.69, 9.17) is 0 Å². The van der Waals surface area contributed by atoms with E-state index in [-0.39, 0.29) is 5.41 Å². The van der Waals surface area contributed by atoms with Gasteiger partial charge in [-0.3, -0.25) is 0 Å². The van der Waals surface area contributed by atoms with Crippen molar-refractivity contribution in [2.24, 2.45) is 16.7 Å². The van der Waals surface area contributed by atoms with Crippen LogP contribution in [0, 0.1) is 16.7 Å². The van der Waals surface area contributed by atoms with Crippen LogP contribution in [0.4, 0.5) is 19.0 Å².